The molecule has 0 aromatic carbocycles. The summed E-state index contributed by atoms with van der Waals surface area (Å²) in [4.78, 5) is 31.7. The summed E-state index contributed by atoms with van der Waals surface area (Å²) >= 11 is 0. The molecule has 29 heavy (non-hydrogen) atoms. The van der Waals surface area contributed by atoms with Crippen molar-refractivity contribution in [2.45, 2.75) is 84.7 Å². The van der Waals surface area contributed by atoms with E-state index in [0.29, 0.717) is 24.4 Å². The number of hydrogen-bond acceptors (Lipinski definition) is 4. The maximum absolute atomic E-state index is 12.6. The monoisotopic (exact) mass is 408 g/mol. The summed E-state index contributed by atoms with van der Waals surface area (Å²) in [6.07, 6.45) is 7.02. The number of carbonyl (C=O) groups is 2. The van der Waals surface area contributed by atoms with Gasteiger partial charge >= 0.3 is 0 Å². The van der Waals surface area contributed by atoms with E-state index in [1.165, 1.54) is 26.1 Å². The first-order chi connectivity index (χ1) is 13.9. The van der Waals surface area contributed by atoms with Gasteiger partial charge in [-0.2, -0.15) is 0 Å². The molecule has 2 fully saturated rings. The first-order valence-corrected chi connectivity index (χ1v) is 11.9. The molecule has 2 amide bonds. The molecule has 0 aromatic heterocycles. The van der Waals surface area contributed by atoms with Crippen LogP contribution in [-0.4, -0.2) is 84.4 Å². The lowest BCUT2D eigenvalue weighted by molar-refractivity contribution is -0.133. The van der Waals surface area contributed by atoms with Crippen molar-refractivity contribution in [1.82, 2.24) is 20.0 Å². The number of rotatable bonds is 13. The van der Waals surface area contributed by atoms with E-state index in [2.05, 4.69) is 42.8 Å². The van der Waals surface area contributed by atoms with Crippen molar-refractivity contribution in [1.29, 1.82) is 0 Å². The zero-order chi connectivity index (χ0) is 21.2. The van der Waals surface area contributed by atoms with E-state index in [0.717, 1.165) is 51.7 Å². The predicted octanol–water partition coefficient (Wildman–Crippen LogP) is 2.73. The van der Waals surface area contributed by atoms with E-state index >= 15 is 0 Å². The molecule has 1 N–H and O–H groups in total. The second-order valence-electron chi connectivity index (χ2n) is 9.40. The summed E-state index contributed by atoms with van der Waals surface area (Å²) in [6.45, 7) is 15.7. The fraction of sp³-hybridized carbons (Fsp3) is 0.913. The Hall–Kier alpha value is -1.14. The summed E-state index contributed by atoms with van der Waals surface area (Å²) in [6, 6.07) is 0.980. The van der Waals surface area contributed by atoms with Crippen LogP contribution < -0.4 is 5.32 Å². The lowest BCUT2D eigenvalue weighted by atomic mass is 10.1. The summed E-state index contributed by atoms with van der Waals surface area (Å²) in [7, 11) is 0. The molecule has 1 aliphatic heterocycles. The Kier molecular flexibility index (Phi) is 10.4. The second-order valence-corrected chi connectivity index (χ2v) is 9.40. The fourth-order valence-electron chi connectivity index (χ4n) is 4.16. The van der Waals surface area contributed by atoms with Gasteiger partial charge < -0.3 is 15.1 Å². The van der Waals surface area contributed by atoms with Gasteiger partial charge in [-0.05, 0) is 57.9 Å². The minimum atomic E-state index is -0.00126. The molecule has 0 spiro atoms. The largest absolute Gasteiger partial charge is 0.347 e. The van der Waals surface area contributed by atoms with Gasteiger partial charge in [-0.3, -0.25) is 14.5 Å². The highest BCUT2D eigenvalue weighted by Crippen LogP contribution is 2.27. The van der Waals surface area contributed by atoms with E-state index in [1.54, 1.807) is 0 Å². The molecule has 0 bridgehead atoms. The Balaban J connectivity index is 1.66. The van der Waals surface area contributed by atoms with Crippen molar-refractivity contribution < 1.29 is 9.59 Å². The average molecular weight is 409 g/mol. The topological polar surface area (TPSA) is 55.9 Å². The van der Waals surface area contributed by atoms with Crippen molar-refractivity contribution in [3.63, 3.8) is 0 Å². The molecule has 0 unspecified atom stereocenters. The Labute approximate surface area is 178 Å². The summed E-state index contributed by atoms with van der Waals surface area (Å²) in [5, 5.41) is 2.82. The Bertz CT molecular complexity index is 499. The Morgan fingerprint density at radius 1 is 1.07 bits per heavy atom. The van der Waals surface area contributed by atoms with Crippen LogP contribution >= 0.6 is 0 Å². The molecule has 1 saturated carbocycles. The van der Waals surface area contributed by atoms with Gasteiger partial charge in [-0.1, -0.05) is 20.8 Å². The molecule has 1 saturated heterocycles. The highest BCUT2D eigenvalue weighted by Gasteiger charge is 2.32. The molecule has 2 aliphatic rings. The smallest absolute Gasteiger partial charge is 0.242 e. The van der Waals surface area contributed by atoms with Crippen LogP contribution in [0.15, 0.2) is 0 Å². The Morgan fingerprint density at radius 3 is 2.34 bits per heavy atom. The number of amides is 2. The van der Waals surface area contributed by atoms with E-state index in [4.69, 9.17) is 0 Å². The molecule has 0 radical (unpaired) electrons. The first kappa shape index (κ1) is 24.1. The van der Waals surface area contributed by atoms with Crippen molar-refractivity contribution in [3.05, 3.63) is 0 Å². The quantitative estimate of drug-likeness (QED) is 0.509. The lowest BCUT2D eigenvalue weighted by Crippen LogP contribution is -2.49. The first-order valence-electron chi connectivity index (χ1n) is 11.9. The lowest BCUT2D eigenvalue weighted by Gasteiger charge is -2.38. The molecule has 6 heteroatoms. The van der Waals surface area contributed by atoms with Crippen LogP contribution in [0.5, 0.6) is 0 Å². The van der Waals surface area contributed by atoms with Crippen molar-refractivity contribution in [2.24, 2.45) is 5.92 Å². The van der Waals surface area contributed by atoms with Crippen molar-refractivity contribution in [3.8, 4) is 0 Å². The van der Waals surface area contributed by atoms with Crippen molar-refractivity contribution >= 4 is 11.8 Å². The van der Waals surface area contributed by atoms with Crippen LogP contribution in [0.2, 0.25) is 0 Å². The van der Waals surface area contributed by atoms with Gasteiger partial charge in [0.05, 0.1) is 6.54 Å². The molecule has 2 rings (SSSR count). The number of nitrogens with one attached hydrogen (secondary N) is 1. The molecule has 1 aliphatic carbocycles. The number of carbonyl (C=O) groups excluding carboxylic acids is 2. The minimum absolute atomic E-state index is 0.00126. The molecule has 6 nitrogen and oxygen atoms in total. The van der Waals surface area contributed by atoms with Crippen molar-refractivity contribution in [2.75, 3.05) is 45.8 Å². The van der Waals surface area contributed by atoms with Gasteiger partial charge in [0, 0.05) is 51.2 Å². The van der Waals surface area contributed by atoms with E-state index < -0.39 is 0 Å². The van der Waals surface area contributed by atoms with Crippen LogP contribution in [0.25, 0.3) is 0 Å². The molecule has 1 heterocycles. The second kappa shape index (κ2) is 12.5. The highest BCUT2D eigenvalue weighted by atomic mass is 16.2. The van der Waals surface area contributed by atoms with Crippen LogP contribution in [0.4, 0.5) is 0 Å². The van der Waals surface area contributed by atoms with Gasteiger partial charge in [0.25, 0.3) is 0 Å². The summed E-state index contributed by atoms with van der Waals surface area (Å²) in [5.41, 5.74) is 0. The van der Waals surface area contributed by atoms with E-state index in [-0.39, 0.29) is 18.4 Å². The van der Waals surface area contributed by atoms with Crippen LogP contribution in [0.3, 0.4) is 0 Å². The SMILES string of the molecule is CCCN1CCN([C@H](C)CCCN(C(=O)CNC(=O)CCC(C)C)C2CC2)CC1. The molecule has 1 atom stereocenters. The van der Waals surface area contributed by atoms with Gasteiger partial charge in [0.15, 0.2) is 0 Å². The zero-order valence-corrected chi connectivity index (χ0v) is 19.3. The standard InChI is InChI=1S/C23H44N4O2/c1-5-12-25-14-16-26(17-15-25)20(4)7-6-13-27(21-9-10-21)23(29)18-24-22(28)11-8-19(2)3/h19-21H,5-18H2,1-4H3,(H,24,28)/t20-/m1/s1. The van der Waals surface area contributed by atoms with E-state index in [9.17, 15) is 9.59 Å². The number of piperazine rings is 1. The normalized spacial score (nSPS) is 19.3. The summed E-state index contributed by atoms with van der Waals surface area (Å²) in [5.74, 6) is 0.598. The molecule has 0 aromatic rings. The minimum Gasteiger partial charge on any atom is -0.347 e. The zero-order valence-electron chi connectivity index (χ0n) is 19.3. The Morgan fingerprint density at radius 2 is 1.76 bits per heavy atom. The molecule has 168 valence electrons. The third-order valence-corrected chi connectivity index (χ3v) is 6.28. The highest BCUT2D eigenvalue weighted by molar-refractivity contribution is 5.85. The molecular weight excluding hydrogens is 364 g/mol. The summed E-state index contributed by atoms with van der Waals surface area (Å²) < 4.78 is 0. The van der Waals surface area contributed by atoms with Gasteiger partial charge in [0.1, 0.15) is 0 Å². The van der Waals surface area contributed by atoms with Gasteiger partial charge in [-0.25, -0.2) is 0 Å². The van der Waals surface area contributed by atoms with Gasteiger partial charge in [0.2, 0.25) is 11.8 Å². The third kappa shape index (κ3) is 9.04. The van der Waals surface area contributed by atoms with Crippen LogP contribution in [0.1, 0.15) is 72.6 Å². The third-order valence-electron chi connectivity index (χ3n) is 6.28. The fourth-order valence-corrected chi connectivity index (χ4v) is 4.16. The predicted molar refractivity (Wildman–Crippen MR) is 119 cm³/mol. The van der Waals surface area contributed by atoms with Gasteiger partial charge in [-0.15, -0.1) is 0 Å². The molecular formula is C23H44N4O2. The van der Waals surface area contributed by atoms with Crippen LogP contribution in [0, 0.1) is 5.92 Å². The van der Waals surface area contributed by atoms with Crippen LogP contribution in [-0.2, 0) is 9.59 Å². The maximum atomic E-state index is 12.6. The number of hydrogen-bond donors (Lipinski definition) is 1. The number of nitrogens with zero attached hydrogens (tertiary/aromatic N) is 3. The van der Waals surface area contributed by atoms with E-state index in [1.807, 2.05) is 4.90 Å². The maximum Gasteiger partial charge on any atom is 0.242 e. The average Bonchev–Trinajstić information content (AvgIpc) is 3.53.